The predicted octanol–water partition coefficient (Wildman–Crippen LogP) is 2.73. The van der Waals surface area contributed by atoms with Crippen LogP contribution in [0.1, 0.15) is 49.1 Å². The van der Waals surface area contributed by atoms with Crippen molar-refractivity contribution in [2.45, 2.75) is 58.3 Å². The normalized spacial score (nSPS) is 14.2. The predicted molar refractivity (Wildman–Crippen MR) is 123 cm³/mol. The Morgan fingerprint density at radius 3 is 2.57 bits per heavy atom. The molecule has 35 heavy (non-hydrogen) atoms. The number of carbonyl (C=O) groups excluding carboxylic acids is 3. The van der Waals surface area contributed by atoms with Gasteiger partial charge in [-0.05, 0) is 51.0 Å². The number of nitrogens with zero attached hydrogens (tertiary/aromatic N) is 4. The Morgan fingerprint density at radius 1 is 1.20 bits per heavy atom. The third-order valence-electron chi connectivity index (χ3n) is 5.40. The number of rotatable bonds is 6. The van der Waals surface area contributed by atoms with Crippen molar-refractivity contribution in [3.8, 4) is 0 Å². The van der Waals surface area contributed by atoms with Gasteiger partial charge in [-0.3, -0.25) is 9.59 Å². The average Bonchev–Trinajstić information content (AvgIpc) is 3.17. The minimum atomic E-state index is -0.832. The lowest BCUT2D eigenvalue weighted by Crippen LogP contribution is -2.45. The van der Waals surface area contributed by atoms with Gasteiger partial charge in [0.15, 0.2) is 0 Å². The fourth-order valence-electron chi connectivity index (χ4n) is 3.75. The lowest BCUT2D eigenvalue weighted by molar-refractivity contribution is -0.133. The van der Waals surface area contributed by atoms with Crippen LogP contribution in [0.2, 0.25) is 0 Å². The zero-order chi connectivity index (χ0) is 25.9. The van der Waals surface area contributed by atoms with Crippen LogP contribution < -0.4 is 5.32 Å². The fraction of sp³-hybridized carbons (Fsp3) is 0.500. The molecule has 3 amide bonds. The molecular formula is C24H31F2N5O4. The summed E-state index contributed by atoms with van der Waals surface area (Å²) in [7, 11) is 3.27. The Kier molecular flexibility index (Phi) is 7.76. The smallest absolute Gasteiger partial charge is 0.407 e. The van der Waals surface area contributed by atoms with E-state index in [0.29, 0.717) is 24.6 Å². The first-order chi connectivity index (χ1) is 16.3. The minimum Gasteiger partial charge on any atom is -0.444 e. The highest BCUT2D eigenvalue weighted by Crippen LogP contribution is 2.18. The van der Waals surface area contributed by atoms with Crippen LogP contribution in [0, 0.1) is 11.6 Å². The molecule has 1 aliphatic rings. The summed E-state index contributed by atoms with van der Waals surface area (Å²) in [6, 6.07) is 2.23. The molecule has 3 rings (SSSR count). The second-order valence-corrected chi connectivity index (χ2v) is 9.74. The number of carbonyl (C=O) groups is 3. The number of fused-ring (bicyclic) bond motifs is 1. The lowest BCUT2D eigenvalue weighted by Gasteiger charge is -2.30. The molecule has 2 aromatic rings. The van der Waals surface area contributed by atoms with Gasteiger partial charge in [-0.25, -0.2) is 18.6 Å². The first-order valence-electron chi connectivity index (χ1n) is 11.3. The third-order valence-corrected chi connectivity index (χ3v) is 5.40. The van der Waals surface area contributed by atoms with E-state index >= 15 is 0 Å². The van der Waals surface area contributed by atoms with Gasteiger partial charge < -0.3 is 24.4 Å². The van der Waals surface area contributed by atoms with Crippen LogP contribution in [0.15, 0.2) is 24.4 Å². The molecule has 1 unspecified atom stereocenters. The average molecular weight is 492 g/mol. The molecule has 1 atom stereocenters. The molecule has 9 nitrogen and oxygen atoms in total. The first-order valence-corrected chi connectivity index (χ1v) is 11.3. The zero-order valence-corrected chi connectivity index (χ0v) is 20.6. The summed E-state index contributed by atoms with van der Waals surface area (Å²) in [4.78, 5) is 45.1. The minimum absolute atomic E-state index is 0.0416. The summed E-state index contributed by atoms with van der Waals surface area (Å²) in [6.07, 6.45) is 0.657. The molecule has 0 spiro atoms. The fourth-order valence-corrected chi connectivity index (χ4v) is 3.75. The molecule has 0 aliphatic carbocycles. The van der Waals surface area contributed by atoms with E-state index in [0.717, 1.165) is 18.2 Å². The van der Waals surface area contributed by atoms with Crippen LogP contribution in [0.3, 0.4) is 0 Å². The molecular weight excluding hydrogens is 460 g/mol. The lowest BCUT2D eigenvalue weighted by atomic mass is 10.0. The third kappa shape index (κ3) is 7.00. The largest absolute Gasteiger partial charge is 0.444 e. The van der Waals surface area contributed by atoms with Gasteiger partial charge in [-0.1, -0.05) is 0 Å². The van der Waals surface area contributed by atoms with Gasteiger partial charge in [-0.15, -0.1) is 0 Å². The van der Waals surface area contributed by atoms with Crippen LogP contribution in [0.25, 0.3) is 0 Å². The molecule has 0 bridgehead atoms. The van der Waals surface area contributed by atoms with Crippen molar-refractivity contribution in [2.75, 3.05) is 20.6 Å². The number of aromatic nitrogens is 2. The Balaban J connectivity index is 1.73. The van der Waals surface area contributed by atoms with E-state index in [2.05, 4.69) is 10.3 Å². The van der Waals surface area contributed by atoms with Gasteiger partial charge in [0.05, 0.1) is 6.54 Å². The second kappa shape index (κ2) is 10.4. The van der Waals surface area contributed by atoms with Crippen LogP contribution in [0.4, 0.5) is 13.6 Å². The first kappa shape index (κ1) is 26.1. The number of amides is 3. The number of halogens is 2. The highest BCUT2D eigenvalue weighted by atomic mass is 19.1. The van der Waals surface area contributed by atoms with Gasteiger partial charge >= 0.3 is 6.09 Å². The molecule has 2 heterocycles. The summed E-state index contributed by atoms with van der Waals surface area (Å²) in [5, 5.41) is 2.62. The molecule has 0 radical (unpaired) electrons. The molecule has 1 N–H and O–H groups in total. The number of hydrogen-bond donors (Lipinski definition) is 1. The van der Waals surface area contributed by atoms with Crippen molar-refractivity contribution < 1.29 is 27.9 Å². The number of imidazole rings is 1. The standard InChI is InChI=1S/C24H31F2N5O4/c1-24(2,3)35-23(34)27-17(11-15-10-16(25)6-7-18(15)26)12-21(32)31-9-8-30-13-19(22(33)29(4)5)28-20(30)14-31/h6-7,10,13,17H,8-9,11-12,14H2,1-5H3,(H,27,34). The van der Waals surface area contributed by atoms with Crippen molar-refractivity contribution in [3.63, 3.8) is 0 Å². The molecule has 0 saturated carbocycles. The van der Waals surface area contributed by atoms with Gasteiger partial charge in [0, 0.05) is 45.8 Å². The topological polar surface area (TPSA) is 96.8 Å². The Labute approximate surface area is 203 Å². The number of nitrogens with one attached hydrogen (secondary N) is 1. The summed E-state index contributed by atoms with van der Waals surface area (Å²) in [6.45, 7) is 6.12. The Bertz CT molecular complexity index is 1110. The zero-order valence-electron chi connectivity index (χ0n) is 20.6. The maximum absolute atomic E-state index is 14.3. The number of benzene rings is 1. The maximum Gasteiger partial charge on any atom is 0.407 e. The van der Waals surface area contributed by atoms with Crippen molar-refractivity contribution in [3.05, 3.63) is 53.1 Å². The summed E-state index contributed by atoms with van der Waals surface area (Å²) in [5.74, 6) is -1.20. The molecule has 1 aromatic carbocycles. The van der Waals surface area contributed by atoms with E-state index < -0.39 is 29.4 Å². The van der Waals surface area contributed by atoms with E-state index in [-0.39, 0.29) is 36.8 Å². The maximum atomic E-state index is 14.3. The summed E-state index contributed by atoms with van der Waals surface area (Å²) in [5.41, 5.74) is -0.431. The van der Waals surface area contributed by atoms with Crippen molar-refractivity contribution >= 4 is 17.9 Å². The molecule has 11 heteroatoms. The highest BCUT2D eigenvalue weighted by Gasteiger charge is 2.28. The van der Waals surface area contributed by atoms with E-state index in [1.165, 1.54) is 4.90 Å². The molecule has 0 fully saturated rings. The van der Waals surface area contributed by atoms with Gasteiger partial charge in [0.25, 0.3) is 5.91 Å². The molecule has 190 valence electrons. The molecule has 0 saturated heterocycles. The van der Waals surface area contributed by atoms with Crippen LogP contribution in [-0.4, -0.2) is 69.5 Å². The second-order valence-electron chi connectivity index (χ2n) is 9.74. The van der Waals surface area contributed by atoms with Gasteiger partial charge in [0.1, 0.15) is 28.8 Å². The van der Waals surface area contributed by atoms with Gasteiger partial charge in [0.2, 0.25) is 5.91 Å². The SMILES string of the molecule is CN(C)C(=O)c1cn2c(n1)CN(C(=O)CC(Cc1cc(F)ccc1F)NC(=O)OC(C)(C)C)CC2. The molecule has 1 aliphatic heterocycles. The van der Waals surface area contributed by atoms with E-state index in [1.54, 1.807) is 46.0 Å². The van der Waals surface area contributed by atoms with Crippen molar-refractivity contribution in [1.29, 1.82) is 0 Å². The van der Waals surface area contributed by atoms with E-state index in [1.807, 2.05) is 4.57 Å². The van der Waals surface area contributed by atoms with Crippen molar-refractivity contribution in [2.24, 2.45) is 0 Å². The highest BCUT2D eigenvalue weighted by molar-refractivity contribution is 5.91. The quantitative estimate of drug-likeness (QED) is 0.670. The molecule has 1 aromatic heterocycles. The van der Waals surface area contributed by atoms with E-state index in [4.69, 9.17) is 4.74 Å². The summed E-state index contributed by atoms with van der Waals surface area (Å²) < 4.78 is 35.1. The number of alkyl carbamates (subject to hydrolysis) is 1. The summed E-state index contributed by atoms with van der Waals surface area (Å²) >= 11 is 0. The Hall–Kier alpha value is -3.50. The monoisotopic (exact) mass is 491 g/mol. The van der Waals surface area contributed by atoms with Crippen LogP contribution >= 0.6 is 0 Å². The van der Waals surface area contributed by atoms with Gasteiger partial charge in [-0.2, -0.15) is 0 Å². The van der Waals surface area contributed by atoms with Crippen LogP contribution in [0.5, 0.6) is 0 Å². The van der Waals surface area contributed by atoms with E-state index in [9.17, 15) is 23.2 Å². The Morgan fingerprint density at radius 2 is 1.91 bits per heavy atom. The number of hydrogen-bond acceptors (Lipinski definition) is 5. The van der Waals surface area contributed by atoms with Crippen LogP contribution in [-0.2, 0) is 29.0 Å². The number of ether oxygens (including phenoxy) is 1. The van der Waals surface area contributed by atoms with Crippen molar-refractivity contribution in [1.82, 2.24) is 24.7 Å².